The Labute approximate surface area is 107 Å². The summed E-state index contributed by atoms with van der Waals surface area (Å²) in [5.41, 5.74) is -0.146. The first-order valence-corrected chi connectivity index (χ1v) is 5.83. The molecule has 5 heteroatoms. The van der Waals surface area contributed by atoms with Crippen LogP contribution in [-0.2, 0) is 6.42 Å². The molecule has 96 valence electrons. The van der Waals surface area contributed by atoms with Crippen molar-refractivity contribution in [2.24, 2.45) is 0 Å². The molecule has 0 aliphatic heterocycles. The van der Waals surface area contributed by atoms with Crippen LogP contribution in [0.3, 0.4) is 0 Å². The van der Waals surface area contributed by atoms with Gasteiger partial charge in [0.15, 0.2) is 11.6 Å². The van der Waals surface area contributed by atoms with Crippen molar-refractivity contribution in [1.82, 2.24) is 0 Å². The van der Waals surface area contributed by atoms with Gasteiger partial charge < -0.3 is 4.42 Å². The Kier molecular flexibility index (Phi) is 3.66. The molecular weight excluding hydrogens is 265 g/mol. The van der Waals surface area contributed by atoms with Gasteiger partial charge in [-0.25, -0.2) is 13.2 Å². The monoisotopic (exact) mass is 274 g/mol. The topological polar surface area (TPSA) is 13.1 Å². The van der Waals surface area contributed by atoms with Gasteiger partial charge in [-0.05, 0) is 18.2 Å². The molecule has 18 heavy (non-hydrogen) atoms. The molecule has 0 aliphatic rings. The van der Waals surface area contributed by atoms with E-state index < -0.39 is 22.8 Å². The molecule has 0 N–H and O–H groups in total. The lowest BCUT2D eigenvalue weighted by Gasteiger charge is -2.09. The second-order valence-electron chi connectivity index (χ2n) is 3.81. The van der Waals surface area contributed by atoms with Crippen LogP contribution in [-0.4, -0.2) is 0 Å². The molecule has 1 nitrogen and oxygen atoms in total. The van der Waals surface area contributed by atoms with Crippen molar-refractivity contribution >= 4 is 11.6 Å². The molecule has 1 atom stereocenters. The van der Waals surface area contributed by atoms with Crippen LogP contribution in [0.2, 0.25) is 0 Å². The summed E-state index contributed by atoms with van der Waals surface area (Å²) in [5, 5.41) is -0.986. The molecule has 2 rings (SSSR count). The van der Waals surface area contributed by atoms with Crippen LogP contribution in [0.25, 0.3) is 0 Å². The van der Waals surface area contributed by atoms with Crippen molar-refractivity contribution in [2.45, 2.75) is 18.7 Å². The van der Waals surface area contributed by atoms with Gasteiger partial charge in [0.25, 0.3) is 0 Å². The van der Waals surface area contributed by atoms with E-state index in [0.29, 0.717) is 24.0 Å². The van der Waals surface area contributed by atoms with Crippen LogP contribution >= 0.6 is 11.6 Å². The van der Waals surface area contributed by atoms with Crippen molar-refractivity contribution in [1.29, 1.82) is 0 Å². The molecule has 0 spiro atoms. The first kappa shape index (κ1) is 13.0. The lowest BCUT2D eigenvalue weighted by Crippen LogP contribution is -1.99. The third kappa shape index (κ3) is 2.38. The number of hydrogen-bond acceptors (Lipinski definition) is 1. The SMILES string of the molecule is CCc1ccc(C(Cl)c2cc(F)c(F)cc2F)o1. The average Bonchev–Trinajstić information content (AvgIpc) is 2.81. The summed E-state index contributed by atoms with van der Waals surface area (Å²) in [6.07, 6.45) is 0.671. The molecule has 0 saturated carbocycles. The maximum atomic E-state index is 13.5. The van der Waals surface area contributed by atoms with Gasteiger partial charge in [0.2, 0.25) is 0 Å². The van der Waals surface area contributed by atoms with E-state index in [4.69, 9.17) is 16.0 Å². The number of rotatable bonds is 3. The largest absolute Gasteiger partial charge is 0.464 e. The molecular formula is C13H10ClF3O. The Hall–Kier alpha value is -1.42. The Morgan fingerprint density at radius 2 is 1.78 bits per heavy atom. The summed E-state index contributed by atoms with van der Waals surface area (Å²) in [6, 6.07) is 4.53. The average molecular weight is 275 g/mol. The highest BCUT2D eigenvalue weighted by atomic mass is 35.5. The molecule has 0 saturated heterocycles. The minimum Gasteiger partial charge on any atom is -0.464 e. The molecule has 0 radical (unpaired) electrons. The Balaban J connectivity index is 2.39. The van der Waals surface area contributed by atoms with Crippen molar-refractivity contribution in [3.8, 4) is 0 Å². The van der Waals surface area contributed by atoms with Crippen molar-refractivity contribution in [3.63, 3.8) is 0 Å². The molecule has 1 aromatic heterocycles. The number of hydrogen-bond donors (Lipinski definition) is 0. The van der Waals surface area contributed by atoms with Crippen LogP contribution in [0.4, 0.5) is 13.2 Å². The van der Waals surface area contributed by atoms with Crippen molar-refractivity contribution < 1.29 is 17.6 Å². The Morgan fingerprint density at radius 1 is 1.11 bits per heavy atom. The van der Waals surface area contributed by atoms with E-state index in [1.54, 1.807) is 12.1 Å². The summed E-state index contributed by atoms with van der Waals surface area (Å²) in [5.74, 6) is -2.28. The lowest BCUT2D eigenvalue weighted by molar-refractivity contribution is 0.464. The predicted molar refractivity (Wildman–Crippen MR) is 62.1 cm³/mol. The van der Waals surface area contributed by atoms with E-state index in [-0.39, 0.29) is 5.56 Å². The van der Waals surface area contributed by atoms with E-state index in [1.807, 2.05) is 6.92 Å². The number of halogens is 4. The molecule has 0 bridgehead atoms. The summed E-state index contributed by atoms with van der Waals surface area (Å²) >= 11 is 6.01. The standard InChI is InChI=1S/C13H10ClF3O/c1-2-7-3-4-12(18-7)13(14)8-5-10(16)11(17)6-9(8)15/h3-6,13H,2H2,1H3. The fourth-order valence-corrected chi connectivity index (χ4v) is 1.89. The van der Waals surface area contributed by atoms with Gasteiger partial charge in [-0.15, -0.1) is 11.6 Å². The van der Waals surface area contributed by atoms with Crippen LogP contribution in [0.15, 0.2) is 28.7 Å². The number of alkyl halides is 1. The smallest absolute Gasteiger partial charge is 0.161 e. The third-order valence-corrected chi connectivity index (χ3v) is 3.04. The van der Waals surface area contributed by atoms with Crippen LogP contribution in [0, 0.1) is 17.5 Å². The Bertz CT molecular complexity index is 565. The number of benzene rings is 1. The van der Waals surface area contributed by atoms with Gasteiger partial charge in [-0.2, -0.15) is 0 Å². The minimum atomic E-state index is -1.24. The zero-order chi connectivity index (χ0) is 13.3. The van der Waals surface area contributed by atoms with Gasteiger partial charge in [0.05, 0.1) is 0 Å². The predicted octanol–water partition coefficient (Wildman–Crippen LogP) is 4.59. The first-order valence-electron chi connectivity index (χ1n) is 5.40. The maximum Gasteiger partial charge on any atom is 0.161 e. The minimum absolute atomic E-state index is 0.146. The molecule has 0 aliphatic carbocycles. The summed E-state index contributed by atoms with van der Waals surface area (Å²) in [7, 11) is 0. The molecule has 0 fully saturated rings. The zero-order valence-corrected chi connectivity index (χ0v) is 10.3. The van der Waals surface area contributed by atoms with E-state index >= 15 is 0 Å². The molecule has 2 aromatic rings. The normalized spacial score (nSPS) is 12.7. The van der Waals surface area contributed by atoms with Crippen LogP contribution < -0.4 is 0 Å². The highest BCUT2D eigenvalue weighted by molar-refractivity contribution is 6.22. The second kappa shape index (κ2) is 5.06. The molecule has 1 aromatic carbocycles. The molecule has 1 unspecified atom stereocenters. The highest BCUT2D eigenvalue weighted by Crippen LogP contribution is 2.32. The van der Waals surface area contributed by atoms with Crippen LogP contribution in [0.1, 0.15) is 29.4 Å². The quantitative estimate of drug-likeness (QED) is 0.589. The number of aryl methyl sites for hydroxylation is 1. The third-order valence-electron chi connectivity index (χ3n) is 2.59. The van der Waals surface area contributed by atoms with Crippen molar-refractivity contribution in [2.75, 3.05) is 0 Å². The van der Waals surface area contributed by atoms with Gasteiger partial charge in [-0.1, -0.05) is 6.92 Å². The van der Waals surface area contributed by atoms with Gasteiger partial charge in [0.1, 0.15) is 22.7 Å². The second-order valence-corrected chi connectivity index (χ2v) is 4.24. The van der Waals surface area contributed by atoms with Crippen molar-refractivity contribution in [3.05, 3.63) is 58.8 Å². The van der Waals surface area contributed by atoms with Gasteiger partial charge >= 0.3 is 0 Å². The van der Waals surface area contributed by atoms with E-state index in [9.17, 15) is 13.2 Å². The fraction of sp³-hybridized carbons (Fsp3) is 0.231. The molecule has 0 amide bonds. The van der Waals surface area contributed by atoms with E-state index in [2.05, 4.69) is 0 Å². The van der Waals surface area contributed by atoms with Gasteiger partial charge in [0, 0.05) is 18.1 Å². The van der Waals surface area contributed by atoms with E-state index in [1.165, 1.54) is 0 Å². The first-order chi connectivity index (χ1) is 8.52. The summed E-state index contributed by atoms with van der Waals surface area (Å²) < 4.78 is 44.8. The summed E-state index contributed by atoms with van der Waals surface area (Å²) in [4.78, 5) is 0. The Morgan fingerprint density at radius 3 is 2.39 bits per heavy atom. The van der Waals surface area contributed by atoms with Crippen LogP contribution in [0.5, 0.6) is 0 Å². The molecule has 1 heterocycles. The zero-order valence-electron chi connectivity index (χ0n) is 9.51. The van der Waals surface area contributed by atoms with Gasteiger partial charge in [-0.3, -0.25) is 0 Å². The highest BCUT2D eigenvalue weighted by Gasteiger charge is 2.21. The van der Waals surface area contributed by atoms with E-state index in [0.717, 1.165) is 6.07 Å². The maximum absolute atomic E-state index is 13.5. The number of furan rings is 1. The lowest BCUT2D eigenvalue weighted by atomic mass is 10.1. The fourth-order valence-electron chi connectivity index (χ4n) is 1.61. The summed E-state index contributed by atoms with van der Waals surface area (Å²) in [6.45, 7) is 1.89.